The van der Waals surface area contributed by atoms with Crippen LogP contribution in [0.5, 0.6) is 0 Å². The maximum atomic E-state index is 12.0. The van der Waals surface area contributed by atoms with E-state index in [1.165, 1.54) is 0 Å². The van der Waals surface area contributed by atoms with Gasteiger partial charge in [0.2, 0.25) is 5.91 Å². The first kappa shape index (κ1) is 20.9. The van der Waals surface area contributed by atoms with E-state index < -0.39 is 5.54 Å². The highest BCUT2D eigenvalue weighted by atomic mass is 35.5. The second-order valence-corrected chi connectivity index (χ2v) is 6.08. The number of hydrogen-bond acceptors (Lipinski definition) is 4. The smallest absolute Gasteiger partial charge is 0.224 e. The second-order valence-electron chi connectivity index (χ2n) is 4.85. The molecule has 0 aliphatic carbocycles. The van der Waals surface area contributed by atoms with Crippen LogP contribution in [0.3, 0.4) is 0 Å². The molecule has 0 fully saturated rings. The van der Waals surface area contributed by atoms with Gasteiger partial charge in [-0.1, -0.05) is 6.92 Å². The van der Waals surface area contributed by atoms with Crippen molar-refractivity contribution in [3.63, 3.8) is 0 Å². The van der Waals surface area contributed by atoms with E-state index in [-0.39, 0.29) is 36.6 Å². The van der Waals surface area contributed by atoms with Crippen LogP contribution in [0.4, 0.5) is 0 Å². The second kappa shape index (κ2) is 8.74. The summed E-state index contributed by atoms with van der Waals surface area (Å²) in [5.74, 6) is 0.0116. The Morgan fingerprint density at radius 1 is 1.47 bits per heavy atom. The average Bonchev–Trinajstić information content (AvgIpc) is 2.65. The molecule has 0 aliphatic rings. The van der Waals surface area contributed by atoms with Gasteiger partial charge in [-0.2, -0.15) is 0 Å². The van der Waals surface area contributed by atoms with E-state index in [0.717, 1.165) is 9.88 Å². The lowest BCUT2D eigenvalue weighted by Gasteiger charge is -2.25. The molecule has 2 N–H and O–H groups in total. The highest BCUT2D eigenvalue weighted by Crippen LogP contribution is 2.24. The van der Waals surface area contributed by atoms with Crippen LogP contribution < -0.4 is 10.6 Å². The van der Waals surface area contributed by atoms with Gasteiger partial charge < -0.3 is 10.6 Å². The monoisotopic (exact) mass is 327 g/mol. The molecule has 1 heterocycles. The van der Waals surface area contributed by atoms with Gasteiger partial charge in [0, 0.05) is 23.5 Å². The lowest BCUT2D eigenvalue weighted by atomic mass is 10.0. The van der Waals surface area contributed by atoms with Gasteiger partial charge in [0.25, 0.3) is 0 Å². The van der Waals surface area contributed by atoms with Crippen LogP contribution in [0.15, 0.2) is 6.20 Å². The van der Waals surface area contributed by atoms with Crippen LogP contribution in [-0.2, 0) is 10.3 Å². The van der Waals surface area contributed by atoms with Crippen LogP contribution in [0, 0.1) is 12.8 Å². The number of amides is 1. The Balaban J connectivity index is 0. The zero-order chi connectivity index (χ0) is 13.1. The number of rotatable bonds is 5. The van der Waals surface area contributed by atoms with E-state index >= 15 is 0 Å². The van der Waals surface area contributed by atoms with Crippen molar-refractivity contribution in [3.05, 3.63) is 16.1 Å². The van der Waals surface area contributed by atoms with Crippen molar-refractivity contribution in [2.45, 2.75) is 33.2 Å². The Bertz CT molecular complexity index is 396. The molecule has 0 aromatic carbocycles. The van der Waals surface area contributed by atoms with Gasteiger partial charge in [0.05, 0.1) is 5.54 Å². The van der Waals surface area contributed by atoms with Crippen molar-refractivity contribution in [1.82, 2.24) is 15.6 Å². The Morgan fingerprint density at radius 3 is 2.47 bits per heavy atom. The van der Waals surface area contributed by atoms with Gasteiger partial charge >= 0.3 is 0 Å². The van der Waals surface area contributed by atoms with Gasteiger partial charge in [0.1, 0.15) is 5.01 Å². The Kier molecular flexibility index (Phi) is 9.64. The fourth-order valence-corrected chi connectivity index (χ4v) is 2.35. The molecule has 0 radical (unpaired) electrons. The molecule has 1 aromatic heterocycles. The number of thiazole rings is 1. The van der Waals surface area contributed by atoms with Crippen LogP contribution in [-0.4, -0.2) is 24.5 Å². The molecular weight excluding hydrogens is 305 g/mol. The Hall–Kier alpha value is -0.360. The molecular formula is C12H23Cl2N3OS. The number of nitrogens with one attached hydrogen (secondary N) is 2. The quantitative estimate of drug-likeness (QED) is 0.873. The molecule has 7 heteroatoms. The lowest BCUT2D eigenvalue weighted by molar-refractivity contribution is -0.126. The van der Waals surface area contributed by atoms with Crippen molar-refractivity contribution < 1.29 is 4.79 Å². The predicted molar refractivity (Wildman–Crippen MR) is 85.6 cm³/mol. The molecule has 0 bridgehead atoms. The normalized spacial score (nSPS) is 12.1. The minimum absolute atomic E-state index is 0. The molecule has 1 amide bonds. The van der Waals surface area contributed by atoms with Crippen LogP contribution in [0.1, 0.15) is 30.7 Å². The van der Waals surface area contributed by atoms with Crippen molar-refractivity contribution in [3.8, 4) is 0 Å². The van der Waals surface area contributed by atoms with Crippen molar-refractivity contribution in [1.29, 1.82) is 0 Å². The van der Waals surface area contributed by atoms with E-state index in [2.05, 4.69) is 15.6 Å². The summed E-state index contributed by atoms with van der Waals surface area (Å²) in [6, 6.07) is 0. The molecule has 0 aliphatic heterocycles. The Morgan fingerprint density at radius 2 is 2.05 bits per heavy atom. The number of carbonyl (C=O) groups excluding carboxylic acids is 1. The van der Waals surface area contributed by atoms with Gasteiger partial charge in [-0.05, 0) is 27.8 Å². The molecule has 1 atom stereocenters. The Labute approximate surface area is 131 Å². The zero-order valence-electron chi connectivity index (χ0n) is 11.9. The third-order valence-corrected chi connectivity index (χ3v) is 3.79. The van der Waals surface area contributed by atoms with E-state index in [4.69, 9.17) is 0 Å². The fourth-order valence-electron chi connectivity index (χ4n) is 1.53. The first-order valence-corrected chi connectivity index (χ1v) is 6.58. The first-order chi connectivity index (χ1) is 7.86. The fraction of sp³-hybridized carbons (Fsp3) is 0.667. The highest BCUT2D eigenvalue weighted by molar-refractivity contribution is 7.11. The number of carbonyl (C=O) groups is 1. The summed E-state index contributed by atoms with van der Waals surface area (Å²) in [6.07, 6.45) is 1.84. The SMILES string of the molecule is CNCC(C)C(=O)NC(C)(C)c1ncc(C)s1.Cl.Cl. The average molecular weight is 328 g/mol. The summed E-state index contributed by atoms with van der Waals surface area (Å²) in [7, 11) is 1.85. The van der Waals surface area contributed by atoms with Crippen LogP contribution in [0.2, 0.25) is 0 Å². The summed E-state index contributed by atoms with van der Waals surface area (Å²) in [5.41, 5.74) is -0.405. The van der Waals surface area contributed by atoms with Crippen LogP contribution in [0.25, 0.3) is 0 Å². The summed E-state index contributed by atoms with van der Waals surface area (Å²) in [5, 5.41) is 6.99. The molecule has 4 nitrogen and oxygen atoms in total. The van der Waals surface area contributed by atoms with Crippen LogP contribution >= 0.6 is 36.2 Å². The van der Waals surface area contributed by atoms with E-state index in [9.17, 15) is 4.79 Å². The molecule has 0 saturated carbocycles. The molecule has 0 saturated heterocycles. The summed E-state index contributed by atoms with van der Waals surface area (Å²) in [4.78, 5) is 17.4. The maximum Gasteiger partial charge on any atom is 0.224 e. The van der Waals surface area contributed by atoms with Gasteiger partial charge in [-0.15, -0.1) is 36.2 Å². The van der Waals surface area contributed by atoms with E-state index in [1.54, 1.807) is 11.3 Å². The molecule has 1 rings (SSSR count). The zero-order valence-corrected chi connectivity index (χ0v) is 14.4. The molecule has 112 valence electrons. The first-order valence-electron chi connectivity index (χ1n) is 5.76. The lowest BCUT2D eigenvalue weighted by Crippen LogP contribution is -2.45. The third-order valence-electron chi connectivity index (χ3n) is 2.55. The van der Waals surface area contributed by atoms with Crippen molar-refractivity contribution in [2.75, 3.05) is 13.6 Å². The summed E-state index contributed by atoms with van der Waals surface area (Å²) < 4.78 is 0. The van der Waals surface area contributed by atoms with Crippen molar-refractivity contribution in [2.24, 2.45) is 5.92 Å². The third kappa shape index (κ3) is 6.08. The predicted octanol–water partition coefficient (Wildman–Crippen LogP) is 2.50. The largest absolute Gasteiger partial charge is 0.344 e. The van der Waals surface area contributed by atoms with Crippen molar-refractivity contribution >= 4 is 42.1 Å². The standard InChI is InChI=1S/C12H21N3OS.2ClH/c1-8(6-13-5)10(16)15-12(3,4)11-14-7-9(2)17-11;;/h7-8,13H,6H2,1-5H3,(H,15,16);2*1H. The topological polar surface area (TPSA) is 54.0 Å². The summed E-state index contributed by atoms with van der Waals surface area (Å²) >= 11 is 1.62. The minimum atomic E-state index is -0.405. The number of halogens is 2. The van der Waals surface area contributed by atoms with E-state index in [0.29, 0.717) is 6.54 Å². The number of aromatic nitrogens is 1. The molecule has 1 unspecified atom stereocenters. The van der Waals surface area contributed by atoms with Gasteiger partial charge in [-0.25, -0.2) is 4.98 Å². The van der Waals surface area contributed by atoms with E-state index in [1.807, 2.05) is 40.9 Å². The number of aryl methyl sites for hydroxylation is 1. The highest BCUT2D eigenvalue weighted by Gasteiger charge is 2.27. The van der Waals surface area contributed by atoms with Gasteiger partial charge in [0.15, 0.2) is 0 Å². The maximum absolute atomic E-state index is 12.0. The minimum Gasteiger partial charge on any atom is -0.344 e. The number of nitrogens with zero attached hydrogens (tertiary/aromatic N) is 1. The summed E-state index contributed by atoms with van der Waals surface area (Å²) in [6.45, 7) is 8.57. The molecule has 1 aromatic rings. The van der Waals surface area contributed by atoms with Gasteiger partial charge in [-0.3, -0.25) is 4.79 Å². The number of hydrogen-bond donors (Lipinski definition) is 2. The molecule has 19 heavy (non-hydrogen) atoms. The molecule has 0 spiro atoms.